The van der Waals surface area contributed by atoms with Crippen LogP contribution < -0.4 is 0 Å². The van der Waals surface area contributed by atoms with Gasteiger partial charge in [0.05, 0.1) is 0 Å². The minimum atomic E-state index is 1.07. The summed E-state index contributed by atoms with van der Waals surface area (Å²) in [4.78, 5) is 0. The van der Waals surface area contributed by atoms with Gasteiger partial charge in [-0.3, -0.25) is 0 Å². The summed E-state index contributed by atoms with van der Waals surface area (Å²) >= 11 is 0. The lowest BCUT2D eigenvalue weighted by Gasteiger charge is -2.18. The second-order valence-electron chi connectivity index (χ2n) is 12.6. The van der Waals surface area contributed by atoms with Crippen molar-refractivity contribution in [1.82, 2.24) is 0 Å². The highest BCUT2D eigenvalue weighted by molar-refractivity contribution is 6.09. The molecule has 0 fully saturated rings. The van der Waals surface area contributed by atoms with Crippen molar-refractivity contribution in [2.45, 2.75) is 89.5 Å². The van der Waals surface area contributed by atoms with Crippen LogP contribution in [-0.4, -0.2) is 0 Å². The molecule has 0 saturated carbocycles. The molecule has 0 saturated heterocycles. The van der Waals surface area contributed by atoms with Crippen LogP contribution in [0.15, 0.2) is 187 Å². The molecule has 0 heterocycles. The van der Waals surface area contributed by atoms with Crippen molar-refractivity contribution in [1.29, 1.82) is 0 Å². The summed E-state index contributed by atoms with van der Waals surface area (Å²) in [6, 6.07) is 44.3. The van der Waals surface area contributed by atoms with Crippen LogP contribution in [0.3, 0.4) is 0 Å². The van der Waals surface area contributed by atoms with Gasteiger partial charge < -0.3 is 0 Å². The highest BCUT2D eigenvalue weighted by Crippen LogP contribution is 2.41. The van der Waals surface area contributed by atoms with E-state index in [9.17, 15) is 0 Å². The molecule has 0 nitrogen and oxygen atoms in total. The Morgan fingerprint density at radius 2 is 1.14 bits per heavy atom. The zero-order chi connectivity index (χ0) is 44.0. The van der Waals surface area contributed by atoms with E-state index < -0.39 is 0 Å². The second kappa shape index (κ2) is 30.0. The molecule has 1 aliphatic rings. The van der Waals surface area contributed by atoms with E-state index >= 15 is 0 Å². The number of fused-ring (bicyclic) bond motifs is 2. The molecule has 0 N–H and O–H groups in total. The topological polar surface area (TPSA) is 0 Å². The van der Waals surface area contributed by atoms with Gasteiger partial charge in [0.25, 0.3) is 0 Å². The normalized spacial score (nSPS) is 12.0. The molecule has 7 rings (SSSR count). The number of allylic oxidation sites excluding steroid dienone is 11. The highest BCUT2D eigenvalue weighted by Gasteiger charge is 2.15. The first kappa shape index (κ1) is 50.9. The highest BCUT2D eigenvalue weighted by atomic mass is 14.2. The lowest BCUT2D eigenvalue weighted by Crippen LogP contribution is -1.92. The smallest absolute Gasteiger partial charge is 0.00321 e. The van der Waals surface area contributed by atoms with Crippen molar-refractivity contribution in [3.05, 3.63) is 198 Å². The molecule has 0 aromatic heterocycles. The van der Waals surface area contributed by atoms with E-state index in [2.05, 4.69) is 210 Å². The fourth-order valence-corrected chi connectivity index (χ4v) is 6.63. The zero-order valence-corrected chi connectivity index (χ0v) is 38.2. The molecule has 0 spiro atoms. The van der Waals surface area contributed by atoms with Crippen molar-refractivity contribution in [3.8, 4) is 46.2 Å². The Bertz CT molecular complexity index is 2320. The van der Waals surface area contributed by atoms with E-state index in [4.69, 9.17) is 0 Å². The van der Waals surface area contributed by atoms with E-state index in [1.165, 1.54) is 77.2 Å². The first-order valence-corrected chi connectivity index (χ1v) is 21.6. The van der Waals surface area contributed by atoms with Crippen LogP contribution in [0.4, 0.5) is 0 Å². The van der Waals surface area contributed by atoms with Crippen LogP contribution in [0, 0.1) is 19.8 Å². The maximum absolute atomic E-state index is 4.00. The molecule has 59 heavy (non-hydrogen) atoms. The van der Waals surface area contributed by atoms with E-state index in [0.29, 0.717) is 0 Å². The molecule has 1 aliphatic carbocycles. The Labute approximate surface area is 360 Å². The summed E-state index contributed by atoms with van der Waals surface area (Å²) in [6.45, 7) is 24.4. The molecule has 0 bridgehead atoms. The molecular formula is C59H70. The third-order valence-electron chi connectivity index (χ3n) is 8.88. The Hall–Kier alpha value is -6.16. The van der Waals surface area contributed by atoms with Gasteiger partial charge in [-0.15, -0.1) is 12.8 Å². The average molecular weight is 779 g/mol. The van der Waals surface area contributed by atoms with Gasteiger partial charge in [-0.05, 0) is 112 Å². The summed E-state index contributed by atoms with van der Waals surface area (Å²) in [5.41, 5.74) is 12.6. The van der Waals surface area contributed by atoms with Gasteiger partial charge in [0.1, 0.15) is 0 Å². The largest absolute Gasteiger partial charge is 0.124 e. The van der Waals surface area contributed by atoms with Crippen LogP contribution in [0.1, 0.15) is 93.7 Å². The Morgan fingerprint density at radius 1 is 0.559 bits per heavy atom. The number of terminal acetylenes is 1. The number of hydrogen-bond acceptors (Lipinski definition) is 0. The first-order valence-electron chi connectivity index (χ1n) is 21.6. The number of aryl methyl sites for hydroxylation is 1. The summed E-state index contributed by atoms with van der Waals surface area (Å²) in [5.74, 6) is 0. The maximum Gasteiger partial charge on any atom is -0.00321 e. The molecule has 0 atom stereocenters. The molecule has 0 aliphatic heterocycles. The third-order valence-corrected chi connectivity index (χ3v) is 8.88. The maximum atomic E-state index is 4.00. The molecule has 0 radical (unpaired) electrons. The first-order chi connectivity index (χ1) is 29.1. The summed E-state index contributed by atoms with van der Waals surface area (Å²) < 4.78 is 0. The number of rotatable bonds is 6. The van der Waals surface area contributed by atoms with Gasteiger partial charge in [-0.1, -0.05) is 236 Å². The standard InChI is InChI=1S/C39H32.C10H12.4C2H6.C2H2/c1-4-12-27(2)24-33-26-38(30-16-9-13-28(3)23-30)36-20-7-8-21-37(36)39(33)32-18-10-17-31(25-32)35-22-11-15-29-14-5-6-19-34(29)35;1-2-3-7-10-8-5-4-6-9-10;5*1-2/h4-26H,1-3H3;2-8H,9H2,1H3;4*1-2H3;1-2H/b12-4-,27-24-;3-2-,10-7-;;;;;. The SMILES string of the molecule is C#C.C/C=C\C(C)=C/c1cc(-c2cccc(C)c2)c2ccccc2c1-c1cccc(-c2cccc3ccccc23)c1.C/C=C\C=C1\C=CC=CC1.CC.CC.CC.CC. The van der Waals surface area contributed by atoms with E-state index in [1.54, 1.807) is 0 Å². The minimum Gasteiger partial charge on any atom is -0.124 e. The lowest BCUT2D eigenvalue weighted by atomic mass is 9.86. The minimum absolute atomic E-state index is 1.07. The van der Waals surface area contributed by atoms with E-state index in [1.807, 2.05) is 68.4 Å². The van der Waals surface area contributed by atoms with Gasteiger partial charge in [0.15, 0.2) is 0 Å². The van der Waals surface area contributed by atoms with Crippen LogP contribution in [0.2, 0.25) is 0 Å². The van der Waals surface area contributed by atoms with Crippen molar-refractivity contribution >= 4 is 27.6 Å². The van der Waals surface area contributed by atoms with Crippen molar-refractivity contribution in [3.63, 3.8) is 0 Å². The fourth-order valence-electron chi connectivity index (χ4n) is 6.63. The molecule has 0 amide bonds. The monoisotopic (exact) mass is 779 g/mol. The van der Waals surface area contributed by atoms with Crippen molar-refractivity contribution in [2.75, 3.05) is 0 Å². The number of benzene rings is 6. The molecule has 0 unspecified atom stereocenters. The molecule has 6 aromatic carbocycles. The molecular weight excluding hydrogens is 709 g/mol. The van der Waals surface area contributed by atoms with Crippen LogP contribution >= 0.6 is 0 Å². The third kappa shape index (κ3) is 14.9. The molecule has 0 heteroatoms. The lowest BCUT2D eigenvalue weighted by molar-refractivity contribution is 1.26. The average Bonchev–Trinajstić information content (AvgIpc) is 3.32. The molecule has 306 valence electrons. The summed E-state index contributed by atoms with van der Waals surface area (Å²) in [7, 11) is 0. The zero-order valence-electron chi connectivity index (χ0n) is 38.2. The summed E-state index contributed by atoms with van der Waals surface area (Å²) in [5, 5.41) is 5.08. The quantitative estimate of drug-likeness (QED) is 0.117. The fraction of sp³-hybridized carbons (Fsp3) is 0.220. The van der Waals surface area contributed by atoms with Gasteiger partial charge in [0, 0.05) is 0 Å². The summed E-state index contributed by atoms with van der Waals surface area (Å²) in [6.07, 6.45) is 30.4. The van der Waals surface area contributed by atoms with Gasteiger partial charge in [0.2, 0.25) is 0 Å². The molecule has 6 aromatic rings. The van der Waals surface area contributed by atoms with Crippen molar-refractivity contribution < 1.29 is 0 Å². The van der Waals surface area contributed by atoms with Crippen molar-refractivity contribution in [2.24, 2.45) is 0 Å². The second-order valence-corrected chi connectivity index (χ2v) is 12.6. The van der Waals surface area contributed by atoms with Crippen LogP contribution in [-0.2, 0) is 0 Å². The van der Waals surface area contributed by atoms with E-state index in [-0.39, 0.29) is 0 Å². The Morgan fingerprint density at radius 3 is 1.76 bits per heavy atom. The van der Waals surface area contributed by atoms with Gasteiger partial charge in [-0.2, -0.15) is 0 Å². The van der Waals surface area contributed by atoms with Gasteiger partial charge in [-0.25, -0.2) is 0 Å². The predicted molar refractivity (Wildman–Crippen MR) is 272 cm³/mol. The Kier molecular flexibility index (Phi) is 25.9. The Balaban J connectivity index is 0.000000735. The number of hydrogen-bond donors (Lipinski definition) is 0. The van der Waals surface area contributed by atoms with Crippen LogP contribution in [0.5, 0.6) is 0 Å². The van der Waals surface area contributed by atoms with Crippen LogP contribution in [0.25, 0.3) is 61.0 Å². The van der Waals surface area contributed by atoms with E-state index in [0.717, 1.165) is 6.42 Å². The van der Waals surface area contributed by atoms with Gasteiger partial charge >= 0.3 is 0 Å². The predicted octanol–water partition coefficient (Wildman–Crippen LogP) is 18.6.